The Hall–Kier alpha value is -0.330. The van der Waals surface area contributed by atoms with Crippen LogP contribution in [-0.4, -0.2) is 49.4 Å². The van der Waals surface area contributed by atoms with Crippen molar-refractivity contribution in [3.8, 4) is 0 Å². The second-order valence-corrected chi connectivity index (χ2v) is 6.74. The van der Waals surface area contributed by atoms with Crippen molar-refractivity contribution >= 4 is 28.2 Å². The first-order valence-corrected chi connectivity index (χ1v) is 6.79. The van der Waals surface area contributed by atoms with E-state index < -0.39 is 15.1 Å². The van der Waals surface area contributed by atoms with Gasteiger partial charge in [0.1, 0.15) is 0 Å². The standard InChI is InChI=1S/C9H18N2O3S.ClH/c1-7(10)5-9(12)11-3-4-15(13,14)8(2)6-11;/h7-8H,3-6,10H2,1-2H3;1H. The van der Waals surface area contributed by atoms with Gasteiger partial charge >= 0.3 is 0 Å². The van der Waals surface area contributed by atoms with Crippen molar-refractivity contribution in [2.45, 2.75) is 31.6 Å². The Bertz CT molecular complexity index is 343. The number of hydrogen-bond acceptors (Lipinski definition) is 4. The average Bonchev–Trinajstić information content (AvgIpc) is 2.08. The van der Waals surface area contributed by atoms with Crippen LogP contribution in [0, 0.1) is 0 Å². The highest BCUT2D eigenvalue weighted by molar-refractivity contribution is 7.92. The lowest BCUT2D eigenvalue weighted by molar-refractivity contribution is -0.131. The third-order valence-electron chi connectivity index (χ3n) is 2.59. The zero-order valence-corrected chi connectivity index (χ0v) is 11.2. The van der Waals surface area contributed by atoms with Crippen LogP contribution in [0.5, 0.6) is 0 Å². The largest absolute Gasteiger partial charge is 0.340 e. The number of sulfone groups is 1. The van der Waals surface area contributed by atoms with Crippen LogP contribution in [0.15, 0.2) is 0 Å². The molecule has 1 aliphatic heterocycles. The van der Waals surface area contributed by atoms with Crippen molar-refractivity contribution in [3.63, 3.8) is 0 Å². The van der Waals surface area contributed by atoms with Crippen LogP contribution in [-0.2, 0) is 14.6 Å². The minimum Gasteiger partial charge on any atom is -0.340 e. The van der Waals surface area contributed by atoms with Crippen molar-refractivity contribution in [1.29, 1.82) is 0 Å². The molecule has 0 radical (unpaired) electrons. The van der Waals surface area contributed by atoms with Gasteiger partial charge < -0.3 is 10.6 Å². The van der Waals surface area contributed by atoms with Gasteiger partial charge in [-0.05, 0) is 13.8 Å². The number of rotatable bonds is 2. The Morgan fingerprint density at radius 2 is 2.12 bits per heavy atom. The summed E-state index contributed by atoms with van der Waals surface area (Å²) in [6.45, 7) is 4.01. The van der Waals surface area contributed by atoms with Gasteiger partial charge in [-0.25, -0.2) is 8.42 Å². The molecular formula is C9H19ClN2O3S. The molecule has 0 saturated carbocycles. The zero-order chi connectivity index (χ0) is 11.6. The number of nitrogens with zero attached hydrogens (tertiary/aromatic N) is 1. The predicted octanol–water partition coefficient (Wildman–Crippen LogP) is -0.209. The number of nitrogens with two attached hydrogens (primary N) is 1. The van der Waals surface area contributed by atoms with Crippen molar-refractivity contribution in [3.05, 3.63) is 0 Å². The third-order valence-corrected chi connectivity index (χ3v) is 4.71. The Kier molecular flexibility index (Phi) is 5.72. The molecule has 1 heterocycles. The molecule has 7 heteroatoms. The summed E-state index contributed by atoms with van der Waals surface area (Å²) in [5.41, 5.74) is 5.52. The maximum absolute atomic E-state index is 11.6. The van der Waals surface area contributed by atoms with E-state index in [0.717, 1.165) is 0 Å². The molecule has 1 saturated heterocycles. The van der Waals surface area contributed by atoms with Gasteiger partial charge in [0, 0.05) is 25.6 Å². The van der Waals surface area contributed by atoms with Crippen LogP contribution in [0.4, 0.5) is 0 Å². The van der Waals surface area contributed by atoms with E-state index >= 15 is 0 Å². The fraction of sp³-hybridized carbons (Fsp3) is 0.889. The van der Waals surface area contributed by atoms with Crippen LogP contribution in [0.3, 0.4) is 0 Å². The van der Waals surface area contributed by atoms with Gasteiger partial charge in [-0.1, -0.05) is 0 Å². The molecule has 0 aromatic rings. The summed E-state index contributed by atoms with van der Waals surface area (Å²) in [6.07, 6.45) is 0.284. The van der Waals surface area contributed by atoms with Crippen LogP contribution in [0.1, 0.15) is 20.3 Å². The number of amides is 1. The smallest absolute Gasteiger partial charge is 0.224 e. The molecule has 1 fully saturated rings. The number of hydrogen-bond donors (Lipinski definition) is 1. The van der Waals surface area contributed by atoms with Crippen LogP contribution in [0.25, 0.3) is 0 Å². The van der Waals surface area contributed by atoms with E-state index in [4.69, 9.17) is 5.73 Å². The second kappa shape index (κ2) is 5.84. The van der Waals surface area contributed by atoms with Gasteiger partial charge in [-0.3, -0.25) is 4.79 Å². The van der Waals surface area contributed by atoms with Gasteiger partial charge in [-0.2, -0.15) is 0 Å². The molecule has 0 aliphatic carbocycles. The quantitative estimate of drug-likeness (QED) is 0.753. The molecule has 2 atom stereocenters. The summed E-state index contributed by atoms with van der Waals surface area (Å²) in [6, 6.07) is -0.175. The number of carbonyl (C=O) groups excluding carboxylic acids is 1. The van der Waals surface area contributed by atoms with E-state index in [-0.39, 0.29) is 36.5 Å². The summed E-state index contributed by atoms with van der Waals surface area (Å²) in [5.74, 6) is 0.0190. The molecule has 0 spiro atoms. The normalized spacial score (nSPS) is 25.7. The summed E-state index contributed by atoms with van der Waals surface area (Å²) in [5, 5.41) is -0.455. The number of carbonyl (C=O) groups is 1. The summed E-state index contributed by atoms with van der Waals surface area (Å²) < 4.78 is 22.8. The Morgan fingerprint density at radius 3 is 2.56 bits per heavy atom. The van der Waals surface area contributed by atoms with Gasteiger partial charge in [0.05, 0.1) is 11.0 Å². The predicted molar refractivity (Wildman–Crippen MR) is 65.3 cm³/mol. The molecule has 1 aliphatic rings. The maximum atomic E-state index is 11.6. The van der Waals surface area contributed by atoms with Gasteiger partial charge in [0.25, 0.3) is 0 Å². The Labute approximate surface area is 103 Å². The van der Waals surface area contributed by atoms with Crippen molar-refractivity contribution in [1.82, 2.24) is 4.90 Å². The summed E-state index contributed by atoms with van der Waals surface area (Å²) in [7, 11) is -2.98. The fourth-order valence-electron chi connectivity index (χ4n) is 1.58. The van der Waals surface area contributed by atoms with E-state index in [1.165, 1.54) is 0 Å². The van der Waals surface area contributed by atoms with Crippen LogP contribution in [0.2, 0.25) is 0 Å². The Morgan fingerprint density at radius 1 is 1.56 bits per heavy atom. The van der Waals surface area contributed by atoms with Crippen molar-refractivity contribution in [2.24, 2.45) is 5.73 Å². The van der Waals surface area contributed by atoms with Crippen LogP contribution < -0.4 is 5.73 Å². The summed E-state index contributed by atoms with van der Waals surface area (Å²) in [4.78, 5) is 13.2. The minimum atomic E-state index is -2.98. The Balaban J connectivity index is 0.00000225. The van der Waals surface area contributed by atoms with E-state index in [1.54, 1.807) is 18.7 Å². The third kappa shape index (κ3) is 3.92. The molecule has 0 bridgehead atoms. The molecule has 1 amide bonds. The van der Waals surface area contributed by atoms with Gasteiger partial charge in [0.15, 0.2) is 9.84 Å². The van der Waals surface area contributed by atoms with E-state index in [2.05, 4.69) is 0 Å². The van der Waals surface area contributed by atoms with E-state index in [0.29, 0.717) is 13.1 Å². The van der Waals surface area contributed by atoms with Crippen molar-refractivity contribution < 1.29 is 13.2 Å². The highest BCUT2D eigenvalue weighted by Gasteiger charge is 2.31. The molecule has 0 aromatic carbocycles. The van der Waals surface area contributed by atoms with E-state index in [1.807, 2.05) is 0 Å². The molecular weight excluding hydrogens is 252 g/mol. The molecule has 16 heavy (non-hydrogen) atoms. The lowest BCUT2D eigenvalue weighted by Crippen LogP contribution is -2.49. The number of halogens is 1. The van der Waals surface area contributed by atoms with Gasteiger partial charge in [0.2, 0.25) is 5.91 Å². The highest BCUT2D eigenvalue weighted by atomic mass is 35.5. The zero-order valence-electron chi connectivity index (χ0n) is 9.55. The minimum absolute atomic E-state index is 0. The molecule has 2 N–H and O–H groups in total. The highest BCUT2D eigenvalue weighted by Crippen LogP contribution is 2.13. The lowest BCUT2D eigenvalue weighted by Gasteiger charge is -2.31. The molecule has 1 rings (SSSR count). The topological polar surface area (TPSA) is 80.5 Å². The van der Waals surface area contributed by atoms with Gasteiger partial charge in [-0.15, -0.1) is 12.4 Å². The first-order valence-electron chi connectivity index (χ1n) is 5.08. The molecule has 2 unspecified atom stereocenters. The monoisotopic (exact) mass is 270 g/mol. The molecule has 0 aromatic heterocycles. The van der Waals surface area contributed by atoms with E-state index in [9.17, 15) is 13.2 Å². The van der Waals surface area contributed by atoms with Crippen molar-refractivity contribution in [2.75, 3.05) is 18.8 Å². The average molecular weight is 271 g/mol. The summed E-state index contributed by atoms with van der Waals surface area (Å²) >= 11 is 0. The maximum Gasteiger partial charge on any atom is 0.224 e. The fourth-order valence-corrected chi connectivity index (χ4v) is 2.87. The second-order valence-electron chi connectivity index (χ2n) is 4.20. The first-order chi connectivity index (χ1) is 6.83. The SMILES string of the molecule is CC(N)CC(=O)N1CCS(=O)(=O)C(C)C1.Cl. The molecule has 5 nitrogen and oxygen atoms in total. The first kappa shape index (κ1) is 15.7. The van der Waals surface area contributed by atoms with Crippen LogP contribution >= 0.6 is 12.4 Å². The lowest BCUT2D eigenvalue weighted by atomic mass is 10.2. The molecule has 96 valence electrons.